The quantitative estimate of drug-likeness (QED) is 0.543. The van der Waals surface area contributed by atoms with Crippen molar-refractivity contribution in [1.29, 1.82) is 0 Å². The molecule has 2 nitrogen and oxygen atoms in total. The Morgan fingerprint density at radius 3 is 2.68 bits per heavy atom. The number of hydrogen-bond donors (Lipinski definition) is 0. The molecule has 3 rings (SSSR count). The van der Waals surface area contributed by atoms with Crippen LogP contribution in [-0.2, 0) is 6.54 Å². The Morgan fingerprint density at radius 2 is 1.95 bits per heavy atom. The van der Waals surface area contributed by atoms with E-state index in [1.807, 2.05) is 16.8 Å². The third-order valence-electron chi connectivity index (χ3n) is 3.22. The third kappa shape index (κ3) is 3.19. The maximum atomic E-state index is 13.3. The Labute approximate surface area is 145 Å². The first-order valence-electron chi connectivity index (χ1n) is 6.45. The lowest BCUT2D eigenvalue weighted by atomic mass is 10.2. The van der Waals surface area contributed by atoms with Crippen LogP contribution in [0.25, 0.3) is 11.4 Å². The van der Waals surface area contributed by atoms with Crippen molar-refractivity contribution < 1.29 is 4.39 Å². The summed E-state index contributed by atoms with van der Waals surface area (Å²) in [6.45, 7) is 0.563. The van der Waals surface area contributed by atoms with Crippen molar-refractivity contribution >= 4 is 39.1 Å². The van der Waals surface area contributed by atoms with Crippen LogP contribution < -0.4 is 0 Å². The van der Waals surface area contributed by atoms with E-state index in [0.717, 1.165) is 17.0 Å². The largest absolute Gasteiger partial charge is 0.327 e. The number of aromatic nitrogens is 2. The van der Waals surface area contributed by atoms with Crippen molar-refractivity contribution in [2.24, 2.45) is 0 Å². The Balaban J connectivity index is 1.96. The zero-order valence-corrected chi connectivity index (χ0v) is 14.3. The molecule has 6 heteroatoms. The summed E-state index contributed by atoms with van der Waals surface area (Å²) in [7, 11) is 0. The summed E-state index contributed by atoms with van der Waals surface area (Å²) >= 11 is 15.4. The minimum atomic E-state index is -0.282. The van der Waals surface area contributed by atoms with E-state index in [-0.39, 0.29) is 5.82 Å². The summed E-state index contributed by atoms with van der Waals surface area (Å²) in [5.74, 6) is 0.456. The highest BCUT2D eigenvalue weighted by atomic mass is 79.9. The summed E-state index contributed by atoms with van der Waals surface area (Å²) in [6.07, 6.45) is 3.57. The van der Waals surface area contributed by atoms with Gasteiger partial charge in [-0.25, -0.2) is 9.37 Å². The first-order chi connectivity index (χ1) is 10.5. The van der Waals surface area contributed by atoms with Crippen molar-refractivity contribution in [3.8, 4) is 11.4 Å². The fourth-order valence-electron chi connectivity index (χ4n) is 2.19. The highest BCUT2D eigenvalue weighted by Gasteiger charge is 2.11. The van der Waals surface area contributed by atoms with Gasteiger partial charge >= 0.3 is 0 Å². The Kier molecular flexibility index (Phi) is 4.52. The lowest BCUT2D eigenvalue weighted by Crippen LogP contribution is -2.01. The van der Waals surface area contributed by atoms with Gasteiger partial charge in [0.2, 0.25) is 0 Å². The topological polar surface area (TPSA) is 17.8 Å². The van der Waals surface area contributed by atoms with E-state index in [4.69, 9.17) is 23.2 Å². The predicted molar refractivity (Wildman–Crippen MR) is 90.9 cm³/mol. The van der Waals surface area contributed by atoms with Crippen LogP contribution in [0.15, 0.2) is 53.3 Å². The number of nitrogens with zero attached hydrogens (tertiary/aromatic N) is 2. The van der Waals surface area contributed by atoms with Gasteiger partial charge < -0.3 is 4.57 Å². The molecule has 3 aromatic rings. The molecule has 2 aromatic carbocycles. The van der Waals surface area contributed by atoms with Gasteiger partial charge in [0.05, 0.1) is 9.50 Å². The number of hydrogen-bond acceptors (Lipinski definition) is 1. The number of halogens is 4. The van der Waals surface area contributed by atoms with Gasteiger partial charge in [-0.3, -0.25) is 0 Å². The van der Waals surface area contributed by atoms with E-state index in [0.29, 0.717) is 21.1 Å². The predicted octanol–water partition coefficient (Wildman–Crippen LogP) is 5.81. The molecule has 1 heterocycles. The molecule has 0 unspecified atom stereocenters. The van der Waals surface area contributed by atoms with Gasteiger partial charge in [-0.1, -0.05) is 29.3 Å². The average Bonchev–Trinajstić information content (AvgIpc) is 2.91. The van der Waals surface area contributed by atoms with Gasteiger partial charge in [0.25, 0.3) is 0 Å². The standard InChI is InChI=1S/C16H10BrCl2FN2/c17-13-7-10(1-4-15(13)20)9-22-6-5-21-16(22)12-3-2-11(18)8-14(12)19/h1-8H,9H2. The molecule has 0 saturated carbocycles. The second-order valence-corrected chi connectivity index (χ2v) is 6.45. The molecule has 0 amide bonds. The van der Waals surface area contributed by atoms with Crippen molar-refractivity contribution in [3.63, 3.8) is 0 Å². The van der Waals surface area contributed by atoms with E-state index in [2.05, 4.69) is 20.9 Å². The second kappa shape index (κ2) is 6.41. The summed E-state index contributed by atoms with van der Waals surface area (Å²) in [6, 6.07) is 10.2. The minimum Gasteiger partial charge on any atom is -0.327 e. The van der Waals surface area contributed by atoms with Crippen LogP contribution >= 0.6 is 39.1 Å². The van der Waals surface area contributed by atoms with Gasteiger partial charge in [0.1, 0.15) is 11.6 Å². The van der Waals surface area contributed by atoms with Crippen molar-refractivity contribution in [3.05, 3.63) is 74.7 Å². The van der Waals surface area contributed by atoms with Crippen LogP contribution in [-0.4, -0.2) is 9.55 Å². The molecule has 1 aromatic heterocycles. The van der Waals surface area contributed by atoms with Gasteiger partial charge in [-0.05, 0) is 51.8 Å². The SMILES string of the molecule is Fc1ccc(Cn2ccnc2-c2ccc(Cl)cc2Cl)cc1Br. The zero-order valence-electron chi connectivity index (χ0n) is 11.2. The minimum absolute atomic E-state index is 0.282. The number of imidazole rings is 1. The van der Waals surface area contributed by atoms with Gasteiger partial charge in [-0.15, -0.1) is 0 Å². The van der Waals surface area contributed by atoms with Crippen molar-refractivity contribution in [1.82, 2.24) is 9.55 Å². The molecule has 112 valence electrons. The maximum Gasteiger partial charge on any atom is 0.141 e. The number of rotatable bonds is 3. The molecule has 0 spiro atoms. The van der Waals surface area contributed by atoms with Crippen molar-refractivity contribution in [2.45, 2.75) is 6.54 Å². The van der Waals surface area contributed by atoms with Gasteiger partial charge in [0, 0.05) is 29.5 Å². The number of benzene rings is 2. The summed E-state index contributed by atoms with van der Waals surface area (Å²) in [5, 5.41) is 1.12. The summed E-state index contributed by atoms with van der Waals surface area (Å²) in [4.78, 5) is 4.36. The van der Waals surface area contributed by atoms with E-state index < -0.39 is 0 Å². The lowest BCUT2D eigenvalue weighted by Gasteiger charge is -2.10. The van der Waals surface area contributed by atoms with Crippen LogP contribution in [0.2, 0.25) is 10.0 Å². The Morgan fingerprint density at radius 1 is 1.14 bits per heavy atom. The van der Waals surface area contributed by atoms with Crippen LogP contribution in [0.4, 0.5) is 4.39 Å². The average molecular weight is 400 g/mol. The fourth-order valence-corrected chi connectivity index (χ4v) is 3.11. The smallest absolute Gasteiger partial charge is 0.141 e. The molecule has 0 bridgehead atoms. The molecule has 0 aliphatic carbocycles. The third-order valence-corrected chi connectivity index (χ3v) is 4.38. The molecule has 0 saturated heterocycles. The van der Waals surface area contributed by atoms with Gasteiger partial charge in [-0.2, -0.15) is 0 Å². The first-order valence-corrected chi connectivity index (χ1v) is 8.00. The van der Waals surface area contributed by atoms with Crippen LogP contribution in [0, 0.1) is 5.82 Å². The summed E-state index contributed by atoms with van der Waals surface area (Å²) < 4.78 is 15.7. The monoisotopic (exact) mass is 398 g/mol. The van der Waals surface area contributed by atoms with Crippen LogP contribution in [0.5, 0.6) is 0 Å². The maximum absolute atomic E-state index is 13.3. The van der Waals surface area contributed by atoms with Crippen LogP contribution in [0.3, 0.4) is 0 Å². The summed E-state index contributed by atoms with van der Waals surface area (Å²) in [5.41, 5.74) is 1.76. The first kappa shape index (κ1) is 15.5. The zero-order chi connectivity index (χ0) is 15.7. The molecule has 0 aliphatic heterocycles. The van der Waals surface area contributed by atoms with Gasteiger partial charge in [0.15, 0.2) is 0 Å². The van der Waals surface area contributed by atoms with E-state index in [9.17, 15) is 4.39 Å². The molecule has 0 aliphatic rings. The normalized spacial score (nSPS) is 10.9. The second-order valence-electron chi connectivity index (χ2n) is 4.75. The highest BCUT2D eigenvalue weighted by molar-refractivity contribution is 9.10. The molecular weight excluding hydrogens is 390 g/mol. The fraction of sp³-hybridized carbons (Fsp3) is 0.0625. The molecular formula is C16H10BrCl2FN2. The molecule has 0 N–H and O–H groups in total. The molecule has 22 heavy (non-hydrogen) atoms. The van der Waals surface area contributed by atoms with Crippen LogP contribution in [0.1, 0.15) is 5.56 Å². The molecule has 0 atom stereocenters. The molecule has 0 fully saturated rings. The van der Waals surface area contributed by atoms with E-state index >= 15 is 0 Å². The van der Waals surface area contributed by atoms with E-state index in [1.54, 1.807) is 30.5 Å². The molecule has 0 radical (unpaired) electrons. The van der Waals surface area contributed by atoms with E-state index in [1.165, 1.54) is 6.07 Å². The van der Waals surface area contributed by atoms with Crippen molar-refractivity contribution in [2.75, 3.05) is 0 Å². The highest BCUT2D eigenvalue weighted by Crippen LogP contribution is 2.29. The lowest BCUT2D eigenvalue weighted by molar-refractivity contribution is 0.619. The Hall–Kier alpha value is -1.36. The Bertz CT molecular complexity index is 833.